The second-order valence-electron chi connectivity index (χ2n) is 2.37. The van der Waals surface area contributed by atoms with Gasteiger partial charge >= 0.3 is 0 Å². The number of nitrogens with one attached hydrogen (secondary N) is 1. The van der Waals surface area contributed by atoms with Crippen molar-refractivity contribution in [2.24, 2.45) is 0 Å². The smallest absolute Gasteiger partial charge is 0.276 e. The molecule has 1 aromatic rings. The van der Waals surface area contributed by atoms with Crippen molar-refractivity contribution in [1.29, 1.82) is 0 Å². The van der Waals surface area contributed by atoms with Crippen molar-refractivity contribution in [1.82, 2.24) is 10.5 Å². The minimum atomic E-state index is -0.365. The Kier molecular flexibility index (Phi) is 4.51. The van der Waals surface area contributed by atoms with Crippen LogP contribution in [0.5, 0.6) is 0 Å². The van der Waals surface area contributed by atoms with Gasteiger partial charge in [0.1, 0.15) is 0 Å². The van der Waals surface area contributed by atoms with Gasteiger partial charge in [-0.3, -0.25) is 9.78 Å². The monoisotopic (exact) mass is 260 g/mol. The first-order valence-corrected chi connectivity index (χ1v) is 4.55. The van der Waals surface area contributed by atoms with E-state index in [9.17, 15) is 4.79 Å². The van der Waals surface area contributed by atoms with Crippen LogP contribution in [0.2, 0.25) is 0 Å². The summed E-state index contributed by atoms with van der Waals surface area (Å²) >= 11 is 3.20. The molecule has 1 amide bonds. The van der Waals surface area contributed by atoms with E-state index in [0.717, 1.165) is 4.47 Å². The van der Waals surface area contributed by atoms with Gasteiger partial charge in [0.05, 0.1) is 5.56 Å². The molecule has 76 valence electrons. The van der Waals surface area contributed by atoms with Crippen molar-refractivity contribution >= 4 is 21.8 Å². The lowest BCUT2D eigenvalue weighted by Gasteiger charge is -2.04. The van der Waals surface area contributed by atoms with E-state index in [1.807, 2.05) is 0 Å². The van der Waals surface area contributed by atoms with E-state index in [2.05, 4.69) is 36.0 Å². The average Bonchev–Trinajstić information content (AvgIpc) is 2.18. The number of pyridine rings is 1. The molecule has 0 aliphatic carbocycles. The van der Waals surface area contributed by atoms with Crippen molar-refractivity contribution < 1.29 is 14.4 Å². The normalized spacial score (nSPS) is 9.86. The zero-order valence-corrected chi connectivity index (χ0v) is 9.08. The van der Waals surface area contributed by atoms with E-state index >= 15 is 0 Å². The predicted octanol–water partition coefficient (Wildman–Crippen LogP) is 1.11. The molecule has 0 aliphatic rings. The Morgan fingerprint density at radius 2 is 2.43 bits per heavy atom. The third-order valence-electron chi connectivity index (χ3n) is 1.31. The number of ether oxygens (including phenoxy) is 1. The SMILES string of the molecule is COCONC(=O)c1cncc(Br)c1. The van der Waals surface area contributed by atoms with E-state index in [1.165, 1.54) is 13.3 Å². The Bertz CT molecular complexity index is 319. The lowest BCUT2D eigenvalue weighted by molar-refractivity contribution is -0.0704. The zero-order valence-electron chi connectivity index (χ0n) is 7.49. The summed E-state index contributed by atoms with van der Waals surface area (Å²) in [4.78, 5) is 19.8. The Hall–Kier alpha value is -0.980. The summed E-state index contributed by atoms with van der Waals surface area (Å²) in [5.74, 6) is -0.365. The van der Waals surface area contributed by atoms with Crippen LogP contribution in [0, 0.1) is 0 Å². The first-order valence-electron chi connectivity index (χ1n) is 3.75. The van der Waals surface area contributed by atoms with E-state index in [4.69, 9.17) is 0 Å². The second kappa shape index (κ2) is 5.69. The summed E-state index contributed by atoms with van der Waals surface area (Å²) in [6.07, 6.45) is 3.03. The molecule has 0 bridgehead atoms. The van der Waals surface area contributed by atoms with Crippen molar-refractivity contribution in [2.75, 3.05) is 13.9 Å². The number of carbonyl (C=O) groups is 1. The van der Waals surface area contributed by atoms with Crippen molar-refractivity contribution in [3.8, 4) is 0 Å². The molecule has 0 unspecified atom stereocenters. The molecular formula is C8H9BrN2O3. The summed E-state index contributed by atoms with van der Waals surface area (Å²) in [6, 6.07) is 1.64. The fraction of sp³-hybridized carbons (Fsp3) is 0.250. The second-order valence-corrected chi connectivity index (χ2v) is 3.29. The molecular weight excluding hydrogens is 252 g/mol. The van der Waals surface area contributed by atoms with Gasteiger partial charge in [-0.1, -0.05) is 0 Å². The summed E-state index contributed by atoms with van der Waals surface area (Å²) < 4.78 is 5.32. The molecule has 5 nitrogen and oxygen atoms in total. The highest BCUT2D eigenvalue weighted by Crippen LogP contribution is 2.09. The van der Waals surface area contributed by atoms with Crippen LogP contribution >= 0.6 is 15.9 Å². The van der Waals surface area contributed by atoms with E-state index < -0.39 is 0 Å². The third kappa shape index (κ3) is 3.41. The van der Waals surface area contributed by atoms with Gasteiger partial charge in [0.2, 0.25) is 0 Å². The topological polar surface area (TPSA) is 60.5 Å². The quantitative estimate of drug-likeness (QED) is 0.501. The van der Waals surface area contributed by atoms with Crippen molar-refractivity contribution in [2.45, 2.75) is 0 Å². The third-order valence-corrected chi connectivity index (χ3v) is 1.74. The van der Waals surface area contributed by atoms with Gasteiger partial charge in [-0.25, -0.2) is 10.3 Å². The average molecular weight is 261 g/mol. The Morgan fingerprint density at radius 1 is 1.64 bits per heavy atom. The number of amides is 1. The van der Waals surface area contributed by atoms with E-state index in [-0.39, 0.29) is 12.7 Å². The Balaban J connectivity index is 2.52. The van der Waals surface area contributed by atoms with E-state index in [0.29, 0.717) is 5.56 Å². The molecule has 0 aromatic carbocycles. The van der Waals surface area contributed by atoms with Crippen LogP contribution < -0.4 is 5.48 Å². The first kappa shape index (κ1) is 11.1. The van der Waals surface area contributed by atoms with Gasteiger partial charge in [-0.2, -0.15) is 0 Å². The lowest BCUT2D eigenvalue weighted by Crippen LogP contribution is -2.24. The van der Waals surface area contributed by atoms with Gasteiger partial charge in [-0.15, -0.1) is 0 Å². The molecule has 6 heteroatoms. The number of hydrogen-bond donors (Lipinski definition) is 1. The van der Waals surface area contributed by atoms with Crippen molar-refractivity contribution in [3.05, 3.63) is 28.5 Å². The molecule has 1 heterocycles. The molecule has 1 aromatic heterocycles. The molecule has 0 atom stereocenters. The Morgan fingerprint density at radius 3 is 3.07 bits per heavy atom. The van der Waals surface area contributed by atoms with Crippen LogP contribution in [0.15, 0.2) is 22.9 Å². The largest absolute Gasteiger partial charge is 0.356 e. The standard InChI is InChI=1S/C8H9BrN2O3/c1-13-5-14-11-8(12)6-2-7(9)4-10-3-6/h2-4H,5H2,1H3,(H,11,12). The van der Waals surface area contributed by atoms with Crippen LogP contribution in [0.4, 0.5) is 0 Å². The summed E-state index contributed by atoms with van der Waals surface area (Å²) in [6.45, 7) is 0.00711. The number of hydroxylamine groups is 1. The predicted molar refractivity (Wildman–Crippen MR) is 52.4 cm³/mol. The number of hydrogen-bond acceptors (Lipinski definition) is 4. The van der Waals surface area contributed by atoms with Gasteiger partial charge in [0.25, 0.3) is 5.91 Å². The number of rotatable bonds is 4. The zero-order chi connectivity index (χ0) is 10.4. The number of halogens is 1. The van der Waals surface area contributed by atoms with Crippen LogP contribution in [0.3, 0.4) is 0 Å². The summed E-state index contributed by atoms with van der Waals surface area (Å²) in [5, 5.41) is 0. The molecule has 0 saturated carbocycles. The molecule has 0 saturated heterocycles. The van der Waals surface area contributed by atoms with Crippen LogP contribution in [-0.2, 0) is 9.57 Å². The molecule has 0 spiro atoms. The highest BCUT2D eigenvalue weighted by atomic mass is 79.9. The lowest BCUT2D eigenvalue weighted by atomic mass is 10.3. The molecule has 1 rings (SSSR count). The Labute approximate surface area is 89.5 Å². The first-order chi connectivity index (χ1) is 6.74. The minimum Gasteiger partial charge on any atom is -0.356 e. The van der Waals surface area contributed by atoms with Crippen LogP contribution in [0.1, 0.15) is 10.4 Å². The van der Waals surface area contributed by atoms with Gasteiger partial charge in [-0.05, 0) is 22.0 Å². The highest BCUT2D eigenvalue weighted by Gasteiger charge is 2.05. The number of carbonyl (C=O) groups excluding carboxylic acids is 1. The maximum absolute atomic E-state index is 11.3. The summed E-state index contributed by atoms with van der Waals surface area (Å²) in [5.41, 5.74) is 2.61. The van der Waals surface area contributed by atoms with Gasteiger partial charge in [0.15, 0.2) is 6.79 Å². The van der Waals surface area contributed by atoms with Gasteiger partial charge < -0.3 is 4.74 Å². The molecule has 0 fully saturated rings. The molecule has 14 heavy (non-hydrogen) atoms. The molecule has 0 aliphatic heterocycles. The highest BCUT2D eigenvalue weighted by molar-refractivity contribution is 9.10. The molecule has 0 radical (unpaired) electrons. The minimum absolute atomic E-state index is 0.00711. The van der Waals surface area contributed by atoms with Crippen molar-refractivity contribution in [3.63, 3.8) is 0 Å². The molecule has 1 N–H and O–H groups in total. The van der Waals surface area contributed by atoms with Crippen LogP contribution in [-0.4, -0.2) is 24.8 Å². The van der Waals surface area contributed by atoms with Crippen LogP contribution in [0.25, 0.3) is 0 Å². The fourth-order valence-electron chi connectivity index (χ4n) is 0.749. The number of nitrogens with zero attached hydrogens (tertiary/aromatic N) is 1. The summed E-state index contributed by atoms with van der Waals surface area (Å²) in [7, 11) is 1.47. The van der Waals surface area contributed by atoms with Gasteiger partial charge in [0, 0.05) is 24.0 Å². The fourth-order valence-corrected chi connectivity index (χ4v) is 1.11. The maximum atomic E-state index is 11.3. The number of methoxy groups -OCH3 is 1. The number of aromatic nitrogens is 1. The maximum Gasteiger partial charge on any atom is 0.276 e. The van der Waals surface area contributed by atoms with E-state index in [1.54, 1.807) is 12.3 Å².